The highest BCUT2D eigenvalue weighted by atomic mass is 35.5. The van der Waals surface area contributed by atoms with Crippen LogP contribution < -0.4 is 4.74 Å². The summed E-state index contributed by atoms with van der Waals surface area (Å²) in [6.07, 6.45) is 3.38. The first kappa shape index (κ1) is 17.0. The van der Waals surface area contributed by atoms with E-state index in [-0.39, 0.29) is 18.3 Å². The van der Waals surface area contributed by atoms with Gasteiger partial charge in [0.05, 0.1) is 19.6 Å². The van der Waals surface area contributed by atoms with E-state index in [9.17, 15) is 9.59 Å². The van der Waals surface area contributed by atoms with Crippen molar-refractivity contribution in [2.75, 3.05) is 19.1 Å². The predicted octanol–water partition coefficient (Wildman–Crippen LogP) is 2.73. The molecule has 114 valence electrons. The minimum absolute atomic E-state index is 0.216. The number of carboxylic acid groups (broad SMARTS) is 1. The minimum atomic E-state index is -0.987. The van der Waals surface area contributed by atoms with E-state index in [1.807, 2.05) is 0 Å². The molecular weight excluding hydrogens is 296 g/mol. The van der Waals surface area contributed by atoms with Gasteiger partial charge in [-0.05, 0) is 23.8 Å². The Bertz CT molecular complexity index is 481. The van der Waals surface area contributed by atoms with Crippen LogP contribution in [0.2, 0.25) is 0 Å². The van der Waals surface area contributed by atoms with Gasteiger partial charge in [0, 0.05) is 18.4 Å². The van der Waals surface area contributed by atoms with Gasteiger partial charge in [0.15, 0.2) is 0 Å². The number of halogens is 1. The molecule has 0 aliphatic carbocycles. The van der Waals surface area contributed by atoms with E-state index in [4.69, 9.17) is 26.2 Å². The number of rotatable bonds is 9. The third kappa shape index (κ3) is 7.99. The smallest absolute Gasteiger partial charge is 0.328 e. The van der Waals surface area contributed by atoms with E-state index < -0.39 is 5.97 Å². The summed E-state index contributed by atoms with van der Waals surface area (Å²) in [5, 5.41) is 8.51. The fourth-order valence-corrected chi connectivity index (χ4v) is 1.58. The third-order valence-corrected chi connectivity index (χ3v) is 2.61. The SMILES string of the molecule is O=C(O)C=Cc1ccc(OCCCOC(=O)CCCl)cc1. The van der Waals surface area contributed by atoms with Gasteiger partial charge in [-0.1, -0.05) is 12.1 Å². The Labute approximate surface area is 128 Å². The van der Waals surface area contributed by atoms with Crippen LogP contribution in [-0.2, 0) is 14.3 Å². The molecule has 6 heteroatoms. The van der Waals surface area contributed by atoms with Crippen LogP contribution in [0.3, 0.4) is 0 Å². The molecule has 0 saturated heterocycles. The lowest BCUT2D eigenvalue weighted by molar-refractivity contribution is -0.143. The van der Waals surface area contributed by atoms with Crippen LogP contribution in [0, 0.1) is 0 Å². The zero-order valence-electron chi connectivity index (χ0n) is 11.5. The lowest BCUT2D eigenvalue weighted by Gasteiger charge is -2.07. The van der Waals surface area contributed by atoms with Crippen molar-refractivity contribution >= 4 is 29.6 Å². The number of alkyl halides is 1. The molecule has 0 bridgehead atoms. The van der Waals surface area contributed by atoms with Crippen molar-refractivity contribution in [2.24, 2.45) is 0 Å². The first-order valence-electron chi connectivity index (χ1n) is 6.47. The first-order chi connectivity index (χ1) is 10.1. The molecule has 1 aromatic rings. The van der Waals surface area contributed by atoms with Crippen molar-refractivity contribution < 1.29 is 24.2 Å². The monoisotopic (exact) mass is 312 g/mol. The van der Waals surface area contributed by atoms with E-state index in [0.717, 1.165) is 11.6 Å². The molecule has 21 heavy (non-hydrogen) atoms. The largest absolute Gasteiger partial charge is 0.493 e. The third-order valence-electron chi connectivity index (χ3n) is 2.42. The van der Waals surface area contributed by atoms with E-state index >= 15 is 0 Å². The number of hydrogen-bond acceptors (Lipinski definition) is 4. The van der Waals surface area contributed by atoms with Gasteiger partial charge in [-0.25, -0.2) is 4.79 Å². The van der Waals surface area contributed by atoms with Gasteiger partial charge >= 0.3 is 11.9 Å². The van der Waals surface area contributed by atoms with E-state index in [0.29, 0.717) is 25.4 Å². The molecule has 1 aromatic carbocycles. The second-order valence-electron chi connectivity index (χ2n) is 4.10. The lowest BCUT2D eigenvalue weighted by Crippen LogP contribution is -2.09. The second kappa shape index (κ2) is 9.83. The maximum absolute atomic E-state index is 11.0. The molecule has 0 aromatic heterocycles. The Kier molecular flexibility index (Phi) is 7.97. The molecule has 0 fully saturated rings. The van der Waals surface area contributed by atoms with Crippen LogP contribution in [-0.4, -0.2) is 36.1 Å². The van der Waals surface area contributed by atoms with Gasteiger partial charge in [-0.2, -0.15) is 0 Å². The van der Waals surface area contributed by atoms with E-state index in [1.54, 1.807) is 24.3 Å². The fourth-order valence-electron chi connectivity index (χ4n) is 1.43. The number of benzene rings is 1. The molecular formula is C15H17ClO5. The average molecular weight is 313 g/mol. The normalized spacial score (nSPS) is 10.5. The summed E-state index contributed by atoms with van der Waals surface area (Å²) >= 11 is 5.41. The standard InChI is InChI=1S/C15H17ClO5/c16-9-8-15(19)21-11-1-10-20-13-5-2-12(3-6-13)4-7-14(17)18/h2-7H,1,8-11H2,(H,17,18). The van der Waals surface area contributed by atoms with Crippen molar-refractivity contribution in [3.63, 3.8) is 0 Å². The highest BCUT2D eigenvalue weighted by molar-refractivity contribution is 6.18. The Morgan fingerprint density at radius 1 is 1.19 bits per heavy atom. The second-order valence-corrected chi connectivity index (χ2v) is 4.48. The lowest BCUT2D eigenvalue weighted by atomic mass is 10.2. The predicted molar refractivity (Wildman–Crippen MR) is 79.5 cm³/mol. The maximum atomic E-state index is 11.0. The van der Waals surface area contributed by atoms with Gasteiger partial charge in [-0.15, -0.1) is 11.6 Å². The maximum Gasteiger partial charge on any atom is 0.328 e. The van der Waals surface area contributed by atoms with Gasteiger partial charge < -0.3 is 14.6 Å². The summed E-state index contributed by atoms with van der Waals surface area (Å²) in [5.41, 5.74) is 0.778. The molecule has 0 amide bonds. The van der Waals surface area contributed by atoms with Gasteiger partial charge in [0.1, 0.15) is 5.75 Å². The van der Waals surface area contributed by atoms with Crippen LogP contribution in [0.25, 0.3) is 6.08 Å². The molecule has 0 spiro atoms. The Hall–Kier alpha value is -2.01. The molecule has 0 radical (unpaired) electrons. The summed E-state index contributed by atoms with van der Waals surface area (Å²) in [6.45, 7) is 0.730. The minimum Gasteiger partial charge on any atom is -0.493 e. The summed E-state index contributed by atoms with van der Waals surface area (Å²) in [4.78, 5) is 21.4. The Morgan fingerprint density at radius 3 is 2.52 bits per heavy atom. The number of esters is 1. The molecule has 0 aliphatic rings. The van der Waals surface area contributed by atoms with Crippen molar-refractivity contribution in [3.8, 4) is 5.75 Å². The van der Waals surface area contributed by atoms with Crippen LogP contribution in [0.1, 0.15) is 18.4 Å². The van der Waals surface area contributed by atoms with Crippen LogP contribution in [0.15, 0.2) is 30.3 Å². The van der Waals surface area contributed by atoms with Gasteiger partial charge in [0.25, 0.3) is 0 Å². The molecule has 0 aliphatic heterocycles. The first-order valence-corrected chi connectivity index (χ1v) is 7.00. The Morgan fingerprint density at radius 2 is 1.90 bits per heavy atom. The molecule has 1 rings (SSSR count). The fraction of sp³-hybridized carbons (Fsp3) is 0.333. The number of carboxylic acids is 1. The summed E-state index contributed by atoms with van der Waals surface area (Å²) in [5.74, 6) is -0.356. The number of hydrogen-bond donors (Lipinski definition) is 1. The van der Waals surface area contributed by atoms with E-state index in [2.05, 4.69) is 0 Å². The van der Waals surface area contributed by atoms with Crippen LogP contribution >= 0.6 is 11.6 Å². The molecule has 5 nitrogen and oxygen atoms in total. The van der Waals surface area contributed by atoms with Gasteiger partial charge in [0.2, 0.25) is 0 Å². The molecule has 0 atom stereocenters. The van der Waals surface area contributed by atoms with Crippen molar-refractivity contribution in [1.82, 2.24) is 0 Å². The topological polar surface area (TPSA) is 72.8 Å². The number of carbonyl (C=O) groups excluding carboxylic acids is 1. The van der Waals surface area contributed by atoms with E-state index in [1.165, 1.54) is 6.08 Å². The molecule has 0 heterocycles. The summed E-state index contributed by atoms with van der Waals surface area (Å²) < 4.78 is 10.4. The molecule has 1 N–H and O–H groups in total. The van der Waals surface area contributed by atoms with Crippen molar-refractivity contribution in [1.29, 1.82) is 0 Å². The number of carbonyl (C=O) groups is 2. The quantitative estimate of drug-likeness (QED) is 0.328. The zero-order valence-corrected chi connectivity index (χ0v) is 12.2. The molecule has 0 unspecified atom stereocenters. The highest BCUT2D eigenvalue weighted by Gasteiger charge is 2.01. The molecule has 0 saturated carbocycles. The number of aliphatic carboxylic acids is 1. The van der Waals surface area contributed by atoms with Crippen molar-refractivity contribution in [2.45, 2.75) is 12.8 Å². The van der Waals surface area contributed by atoms with Crippen LogP contribution in [0.5, 0.6) is 5.75 Å². The Balaban J connectivity index is 2.24. The summed E-state index contributed by atoms with van der Waals surface area (Å²) in [7, 11) is 0. The average Bonchev–Trinajstić information content (AvgIpc) is 2.46. The van der Waals surface area contributed by atoms with Gasteiger partial charge in [-0.3, -0.25) is 4.79 Å². The zero-order chi connectivity index (χ0) is 15.5. The summed E-state index contributed by atoms with van der Waals surface area (Å²) in [6, 6.07) is 7.02. The number of ether oxygens (including phenoxy) is 2. The van der Waals surface area contributed by atoms with Crippen molar-refractivity contribution in [3.05, 3.63) is 35.9 Å². The highest BCUT2D eigenvalue weighted by Crippen LogP contribution is 2.13. The van der Waals surface area contributed by atoms with Crippen LogP contribution in [0.4, 0.5) is 0 Å².